The number of aromatic nitrogens is 1. The predicted octanol–water partition coefficient (Wildman–Crippen LogP) is 3.56. The van der Waals surface area contributed by atoms with E-state index < -0.39 is 0 Å². The van der Waals surface area contributed by atoms with E-state index in [1.165, 1.54) is 0 Å². The molecule has 3 aromatic rings. The number of rotatable bonds is 3. The molecule has 1 heterocycles. The van der Waals surface area contributed by atoms with E-state index in [9.17, 15) is 4.79 Å². The number of hydrogen-bond acceptors (Lipinski definition) is 2. The summed E-state index contributed by atoms with van der Waals surface area (Å²) in [7, 11) is 0. The van der Waals surface area contributed by atoms with E-state index in [-0.39, 0.29) is 6.03 Å². The lowest BCUT2D eigenvalue weighted by Gasteiger charge is -2.09. The summed E-state index contributed by atoms with van der Waals surface area (Å²) in [6, 6.07) is 17.4. The second-order valence-corrected chi connectivity index (χ2v) is 4.70. The maximum Gasteiger partial charge on any atom is 0.319 e. The highest BCUT2D eigenvalue weighted by molar-refractivity contribution is 6.00. The highest BCUT2D eigenvalue weighted by atomic mass is 16.2. The molecule has 0 aliphatic rings. The molecule has 0 aliphatic carbocycles. The first-order valence-corrected chi connectivity index (χ1v) is 6.74. The van der Waals surface area contributed by atoms with E-state index in [0.29, 0.717) is 12.2 Å². The lowest BCUT2D eigenvalue weighted by molar-refractivity contribution is 0.252. The van der Waals surface area contributed by atoms with Crippen molar-refractivity contribution in [1.82, 2.24) is 10.3 Å². The maximum atomic E-state index is 12.0. The van der Waals surface area contributed by atoms with Crippen LogP contribution in [0.3, 0.4) is 0 Å². The summed E-state index contributed by atoms with van der Waals surface area (Å²) in [5.41, 5.74) is 1.77. The third-order valence-corrected chi connectivity index (χ3v) is 3.21. The number of amides is 2. The fourth-order valence-corrected chi connectivity index (χ4v) is 2.16. The van der Waals surface area contributed by atoms with Gasteiger partial charge in [0.15, 0.2) is 0 Å². The molecule has 2 N–H and O–H groups in total. The monoisotopic (exact) mass is 277 g/mol. The Labute approximate surface area is 122 Å². The van der Waals surface area contributed by atoms with Crippen LogP contribution in [-0.2, 0) is 6.54 Å². The molecule has 0 saturated carbocycles. The first kappa shape index (κ1) is 13.1. The topological polar surface area (TPSA) is 54.0 Å². The summed E-state index contributed by atoms with van der Waals surface area (Å²) in [6.07, 6.45) is 3.44. The van der Waals surface area contributed by atoms with Gasteiger partial charge >= 0.3 is 6.03 Å². The quantitative estimate of drug-likeness (QED) is 0.769. The highest BCUT2D eigenvalue weighted by Gasteiger charge is 2.05. The molecule has 4 nitrogen and oxygen atoms in total. The molecule has 0 unspecified atom stereocenters. The normalized spacial score (nSPS) is 10.3. The third kappa shape index (κ3) is 3.17. The molecule has 0 bridgehead atoms. The molecule has 3 rings (SSSR count). The van der Waals surface area contributed by atoms with Crippen LogP contribution in [0.1, 0.15) is 5.56 Å². The molecule has 0 spiro atoms. The van der Waals surface area contributed by atoms with Crippen LogP contribution >= 0.6 is 0 Å². The number of fused-ring (bicyclic) bond motifs is 1. The van der Waals surface area contributed by atoms with Crippen molar-refractivity contribution in [2.24, 2.45) is 0 Å². The second-order valence-electron chi connectivity index (χ2n) is 4.70. The SMILES string of the molecule is O=C(NCc1ccccc1)Nc1cncc2ccccc12. The summed E-state index contributed by atoms with van der Waals surface area (Å²) >= 11 is 0. The van der Waals surface area contributed by atoms with Crippen LogP contribution in [0, 0.1) is 0 Å². The second kappa shape index (κ2) is 6.05. The number of urea groups is 1. The minimum Gasteiger partial charge on any atom is -0.334 e. The molecular formula is C17H15N3O. The molecule has 0 radical (unpaired) electrons. The van der Waals surface area contributed by atoms with Crippen molar-refractivity contribution in [3.63, 3.8) is 0 Å². The Balaban J connectivity index is 1.69. The fourth-order valence-electron chi connectivity index (χ4n) is 2.16. The summed E-state index contributed by atoms with van der Waals surface area (Å²) in [4.78, 5) is 16.1. The van der Waals surface area contributed by atoms with Gasteiger partial charge in [0.25, 0.3) is 0 Å². The van der Waals surface area contributed by atoms with Gasteiger partial charge in [-0.15, -0.1) is 0 Å². The van der Waals surface area contributed by atoms with Gasteiger partial charge in [-0.25, -0.2) is 4.79 Å². The fraction of sp³-hybridized carbons (Fsp3) is 0.0588. The predicted molar refractivity (Wildman–Crippen MR) is 84.0 cm³/mol. The Bertz CT molecular complexity index is 751. The van der Waals surface area contributed by atoms with Crippen LogP contribution in [0.4, 0.5) is 10.5 Å². The van der Waals surface area contributed by atoms with E-state index in [4.69, 9.17) is 0 Å². The van der Waals surface area contributed by atoms with Gasteiger partial charge in [0.1, 0.15) is 0 Å². The van der Waals surface area contributed by atoms with Crippen LogP contribution in [0.25, 0.3) is 10.8 Å². The Hall–Kier alpha value is -2.88. The van der Waals surface area contributed by atoms with Gasteiger partial charge in [-0.3, -0.25) is 4.98 Å². The summed E-state index contributed by atoms with van der Waals surface area (Å²) in [5.74, 6) is 0. The molecule has 104 valence electrons. The summed E-state index contributed by atoms with van der Waals surface area (Å²) in [5, 5.41) is 7.65. The van der Waals surface area contributed by atoms with Gasteiger partial charge in [0.05, 0.1) is 11.9 Å². The summed E-state index contributed by atoms with van der Waals surface area (Å²) in [6.45, 7) is 0.491. The lowest BCUT2D eigenvalue weighted by atomic mass is 10.1. The number of carbonyl (C=O) groups is 1. The summed E-state index contributed by atoms with van der Waals surface area (Å²) < 4.78 is 0. The first-order valence-electron chi connectivity index (χ1n) is 6.74. The first-order chi connectivity index (χ1) is 10.3. The molecule has 2 aromatic carbocycles. The molecule has 0 saturated heterocycles. The van der Waals surface area contributed by atoms with Crippen LogP contribution in [0.5, 0.6) is 0 Å². The van der Waals surface area contributed by atoms with E-state index in [2.05, 4.69) is 15.6 Å². The number of benzene rings is 2. The molecule has 4 heteroatoms. The number of nitrogens with one attached hydrogen (secondary N) is 2. The van der Waals surface area contributed by atoms with E-state index in [1.807, 2.05) is 54.6 Å². The Morgan fingerprint density at radius 2 is 1.71 bits per heavy atom. The van der Waals surface area contributed by atoms with Crippen LogP contribution in [0.2, 0.25) is 0 Å². The minimum atomic E-state index is -0.239. The number of nitrogens with zero attached hydrogens (tertiary/aromatic N) is 1. The third-order valence-electron chi connectivity index (χ3n) is 3.21. The average Bonchev–Trinajstić information content (AvgIpc) is 2.54. The molecule has 21 heavy (non-hydrogen) atoms. The standard InChI is InChI=1S/C17H15N3O/c21-17(19-10-13-6-2-1-3-7-13)20-16-12-18-11-14-8-4-5-9-15(14)16/h1-9,11-12H,10H2,(H2,19,20,21). The average molecular weight is 277 g/mol. The zero-order valence-electron chi connectivity index (χ0n) is 11.4. The number of hydrogen-bond donors (Lipinski definition) is 2. The largest absolute Gasteiger partial charge is 0.334 e. The molecule has 2 amide bonds. The van der Waals surface area contributed by atoms with Crippen molar-refractivity contribution in [2.45, 2.75) is 6.54 Å². The highest BCUT2D eigenvalue weighted by Crippen LogP contribution is 2.21. The Morgan fingerprint density at radius 1 is 0.952 bits per heavy atom. The zero-order valence-corrected chi connectivity index (χ0v) is 11.4. The smallest absolute Gasteiger partial charge is 0.319 e. The van der Waals surface area contributed by atoms with E-state index in [1.54, 1.807) is 12.4 Å². The van der Waals surface area contributed by atoms with E-state index >= 15 is 0 Å². The van der Waals surface area contributed by atoms with Gasteiger partial charge in [-0.1, -0.05) is 54.6 Å². The van der Waals surface area contributed by atoms with Crippen LogP contribution in [-0.4, -0.2) is 11.0 Å². The number of pyridine rings is 1. The van der Waals surface area contributed by atoms with Gasteiger partial charge < -0.3 is 10.6 Å². The van der Waals surface area contributed by atoms with Crippen molar-refractivity contribution in [3.05, 3.63) is 72.6 Å². The minimum absolute atomic E-state index is 0.239. The lowest BCUT2D eigenvalue weighted by Crippen LogP contribution is -2.28. The number of anilines is 1. The van der Waals surface area contributed by atoms with Gasteiger partial charge in [0, 0.05) is 23.5 Å². The van der Waals surface area contributed by atoms with Crippen molar-refractivity contribution in [3.8, 4) is 0 Å². The van der Waals surface area contributed by atoms with Gasteiger partial charge in [0.2, 0.25) is 0 Å². The van der Waals surface area contributed by atoms with Crippen LogP contribution in [0.15, 0.2) is 67.0 Å². The Kier molecular flexibility index (Phi) is 3.78. The van der Waals surface area contributed by atoms with Crippen molar-refractivity contribution in [1.29, 1.82) is 0 Å². The zero-order chi connectivity index (χ0) is 14.5. The maximum absolute atomic E-state index is 12.0. The molecule has 0 fully saturated rings. The molecular weight excluding hydrogens is 262 g/mol. The van der Waals surface area contributed by atoms with Crippen molar-refractivity contribution < 1.29 is 4.79 Å². The molecule has 0 atom stereocenters. The molecule has 0 aliphatic heterocycles. The number of carbonyl (C=O) groups excluding carboxylic acids is 1. The Morgan fingerprint density at radius 3 is 2.57 bits per heavy atom. The molecule has 1 aromatic heterocycles. The van der Waals surface area contributed by atoms with Crippen molar-refractivity contribution >= 4 is 22.5 Å². The van der Waals surface area contributed by atoms with Crippen LogP contribution < -0.4 is 10.6 Å². The van der Waals surface area contributed by atoms with Crippen molar-refractivity contribution in [2.75, 3.05) is 5.32 Å². The van der Waals surface area contributed by atoms with Gasteiger partial charge in [-0.05, 0) is 5.56 Å². The van der Waals surface area contributed by atoms with Gasteiger partial charge in [-0.2, -0.15) is 0 Å². The van der Waals surface area contributed by atoms with E-state index in [0.717, 1.165) is 16.3 Å².